The second-order valence-electron chi connectivity index (χ2n) is 5.93. The Balaban J connectivity index is 2.23. The lowest BCUT2D eigenvalue weighted by Gasteiger charge is -2.38. The van der Waals surface area contributed by atoms with Gasteiger partial charge in [-0.15, -0.1) is 0 Å². The molecule has 1 heterocycles. The number of hydrogen-bond donors (Lipinski definition) is 2. The van der Waals surface area contributed by atoms with Gasteiger partial charge < -0.3 is 10.6 Å². The number of sulfonamides is 1. The molecule has 0 unspecified atom stereocenters. The molecule has 1 aromatic rings. The fourth-order valence-electron chi connectivity index (χ4n) is 2.95. The van der Waals surface area contributed by atoms with E-state index in [1.807, 2.05) is 11.8 Å². The molecule has 0 saturated carbocycles. The molecule has 1 amide bonds. The second-order valence-corrected chi connectivity index (χ2v) is 7.54. The molecule has 1 aromatic carbocycles. The highest BCUT2D eigenvalue weighted by Gasteiger charge is 2.29. The summed E-state index contributed by atoms with van der Waals surface area (Å²) in [5, 5.41) is 5.06. The van der Waals surface area contributed by atoms with Crippen molar-refractivity contribution in [2.24, 2.45) is 10.9 Å². The number of benzene rings is 1. The second kappa shape index (κ2) is 6.76. The van der Waals surface area contributed by atoms with Gasteiger partial charge >= 0.3 is 0 Å². The van der Waals surface area contributed by atoms with Crippen molar-refractivity contribution in [3.63, 3.8) is 0 Å². The van der Waals surface area contributed by atoms with E-state index in [-0.39, 0.29) is 23.7 Å². The third-order valence-corrected chi connectivity index (χ3v) is 4.69. The lowest BCUT2D eigenvalue weighted by Crippen LogP contribution is -2.51. The largest absolute Gasteiger partial charge is 0.334 e. The molecule has 0 bridgehead atoms. The van der Waals surface area contributed by atoms with Gasteiger partial charge in [-0.25, -0.2) is 13.6 Å². The van der Waals surface area contributed by atoms with Crippen molar-refractivity contribution < 1.29 is 13.2 Å². The third kappa shape index (κ3) is 4.28. The fraction of sp³-hybridized carbons (Fsp3) is 0.533. The zero-order valence-electron chi connectivity index (χ0n) is 12.7. The smallest absolute Gasteiger partial charge is 0.254 e. The first-order chi connectivity index (χ1) is 10.3. The molecule has 22 heavy (non-hydrogen) atoms. The third-order valence-electron chi connectivity index (χ3n) is 3.96. The zero-order valence-corrected chi connectivity index (χ0v) is 13.6. The van der Waals surface area contributed by atoms with Crippen molar-refractivity contribution in [2.75, 3.05) is 6.54 Å². The van der Waals surface area contributed by atoms with Crippen LogP contribution in [0.3, 0.4) is 0 Å². The molecule has 0 aromatic heterocycles. The van der Waals surface area contributed by atoms with Crippen molar-refractivity contribution in [3.8, 4) is 0 Å². The Morgan fingerprint density at radius 1 is 1.41 bits per heavy atom. The van der Waals surface area contributed by atoms with Crippen molar-refractivity contribution in [2.45, 2.75) is 44.0 Å². The van der Waals surface area contributed by atoms with E-state index >= 15 is 0 Å². The Kier molecular flexibility index (Phi) is 5.20. The van der Waals surface area contributed by atoms with Crippen LogP contribution in [0.25, 0.3) is 0 Å². The van der Waals surface area contributed by atoms with Gasteiger partial charge in [-0.2, -0.15) is 0 Å². The number of nitrogens with two attached hydrogens (primary N) is 2. The first-order valence-electron chi connectivity index (χ1n) is 7.44. The van der Waals surface area contributed by atoms with Crippen LogP contribution < -0.4 is 10.9 Å². The van der Waals surface area contributed by atoms with Crippen LogP contribution in [0.2, 0.25) is 0 Å². The number of primary sulfonamides is 1. The molecule has 0 aliphatic carbocycles. The minimum Gasteiger partial charge on any atom is -0.334 e. The molecule has 2 rings (SSSR count). The lowest BCUT2D eigenvalue weighted by molar-refractivity contribution is 0.0583. The van der Waals surface area contributed by atoms with Gasteiger partial charge in [0, 0.05) is 24.2 Å². The molecule has 122 valence electrons. The summed E-state index contributed by atoms with van der Waals surface area (Å²) < 4.78 is 22.4. The Morgan fingerprint density at radius 3 is 2.77 bits per heavy atom. The van der Waals surface area contributed by atoms with Crippen molar-refractivity contribution in [3.05, 3.63) is 35.4 Å². The van der Waals surface area contributed by atoms with Crippen LogP contribution >= 0.6 is 0 Å². The monoisotopic (exact) mass is 325 g/mol. The number of nitrogens with zero attached hydrogens (tertiary/aromatic N) is 1. The predicted molar refractivity (Wildman–Crippen MR) is 85.6 cm³/mol. The normalized spacial score (nSPS) is 20.7. The molecular weight excluding hydrogens is 302 g/mol. The topological polar surface area (TPSA) is 106 Å². The van der Waals surface area contributed by atoms with Crippen molar-refractivity contribution >= 4 is 15.9 Å². The molecular formula is C15H23N3O3S. The fourth-order valence-corrected chi connectivity index (χ4v) is 3.59. The molecule has 1 aliphatic rings. The molecule has 2 atom stereocenters. The van der Waals surface area contributed by atoms with E-state index in [1.165, 1.54) is 0 Å². The number of rotatable bonds is 4. The first kappa shape index (κ1) is 16.9. The first-order valence-corrected chi connectivity index (χ1v) is 9.15. The Bertz CT molecular complexity index is 643. The average Bonchev–Trinajstić information content (AvgIpc) is 2.45. The minimum atomic E-state index is -3.61. The maximum atomic E-state index is 12.7. The standard InChI is InChI=1S/C15H23N3O3S/c1-11(16)14-7-2-3-8-18(14)15(19)13-6-4-5-12(9-13)10-22(17,20)21/h4-6,9,11,14H,2-3,7-8,10,16H2,1H3,(H2,17,20,21)/t11-,14+/m0/s1. The summed E-state index contributed by atoms with van der Waals surface area (Å²) in [5.41, 5.74) is 6.99. The lowest BCUT2D eigenvalue weighted by atomic mass is 9.96. The van der Waals surface area contributed by atoms with Gasteiger partial charge in [0.15, 0.2) is 0 Å². The van der Waals surface area contributed by atoms with Gasteiger partial charge in [0.05, 0.1) is 5.75 Å². The number of likely N-dealkylation sites (tertiary alicyclic amines) is 1. The van der Waals surface area contributed by atoms with Crippen LogP contribution in [0.1, 0.15) is 42.1 Å². The molecule has 1 saturated heterocycles. The molecule has 1 aliphatic heterocycles. The van der Waals surface area contributed by atoms with E-state index < -0.39 is 10.0 Å². The van der Waals surface area contributed by atoms with Crippen LogP contribution in [-0.4, -0.2) is 37.9 Å². The quantitative estimate of drug-likeness (QED) is 0.854. The van der Waals surface area contributed by atoms with E-state index in [0.29, 0.717) is 17.7 Å². The van der Waals surface area contributed by atoms with E-state index in [1.54, 1.807) is 24.3 Å². The van der Waals surface area contributed by atoms with Crippen molar-refractivity contribution in [1.82, 2.24) is 4.90 Å². The Morgan fingerprint density at radius 2 is 2.14 bits per heavy atom. The number of carbonyl (C=O) groups is 1. The summed E-state index contributed by atoms with van der Waals surface area (Å²) in [6.07, 6.45) is 2.94. The molecule has 6 nitrogen and oxygen atoms in total. The number of amides is 1. The highest BCUT2D eigenvalue weighted by Crippen LogP contribution is 2.22. The summed E-state index contributed by atoms with van der Waals surface area (Å²) in [7, 11) is -3.61. The van der Waals surface area contributed by atoms with Gasteiger partial charge in [-0.3, -0.25) is 4.79 Å². The number of piperidine rings is 1. The van der Waals surface area contributed by atoms with Crippen LogP contribution in [0.5, 0.6) is 0 Å². The number of hydrogen-bond acceptors (Lipinski definition) is 4. The Labute approximate surface area is 131 Å². The number of carbonyl (C=O) groups excluding carboxylic acids is 1. The molecule has 1 fully saturated rings. The van der Waals surface area contributed by atoms with Gasteiger partial charge in [-0.1, -0.05) is 12.1 Å². The summed E-state index contributed by atoms with van der Waals surface area (Å²) in [6, 6.07) is 6.57. The molecule has 4 N–H and O–H groups in total. The van der Waals surface area contributed by atoms with E-state index in [9.17, 15) is 13.2 Å². The van der Waals surface area contributed by atoms with Crippen LogP contribution in [-0.2, 0) is 15.8 Å². The highest BCUT2D eigenvalue weighted by molar-refractivity contribution is 7.88. The van der Waals surface area contributed by atoms with E-state index in [0.717, 1.165) is 19.3 Å². The molecule has 7 heteroatoms. The Hall–Kier alpha value is -1.44. The zero-order chi connectivity index (χ0) is 16.3. The van der Waals surface area contributed by atoms with Gasteiger partial charge in [-0.05, 0) is 43.9 Å². The van der Waals surface area contributed by atoms with E-state index in [2.05, 4.69) is 0 Å². The van der Waals surface area contributed by atoms with Crippen LogP contribution in [0, 0.1) is 0 Å². The molecule has 0 spiro atoms. The van der Waals surface area contributed by atoms with Crippen LogP contribution in [0.15, 0.2) is 24.3 Å². The highest BCUT2D eigenvalue weighted by atomic mass is 32.2. The van der Waals surface area contributed by atoms with Gasteiger partial charge in [0.1, 0.15) is 0 Å². The van der Waals surface area contributed by atoms with Gasteiger partial charge in [0.2, 0.25) is 10.0 Å². The van der Waals surface area contributed by atoms with Gasteiger partial charge in [0.25, 0.3) is 5.91 Å². The van der Waals surface area contributed by atoms with E-state index in [4.69, 9.17) is 10.9 Å². The summed E-state index contributed by atoms with van der Waals surface area (Å²) in [5.74, 6) is -0.372. The maximum Gasteiger partial charge on any atom is 0.254 e. The average molecular weight is 325 g/mol. The SMILES string of the molecule is C[C@H](N)[C@H]1CCCCN1C(=O)c1cccc(CS(N)(=O)=O)c1. The predicted octanol–water partition coefficient (Wildman–Crippen LogP) is 0.817. The molecule has 0 radical (unpaired) electrons. The van der Waals surface area contributed by atoms with Crippen molar-refractivity contribution in [1.29, 1.82) is 0 Å². The van der Waals surface area contributed by atoms with Crippen LogP contribution in [0.4, 0.5) is 0 Å². The summed E-state index contributed by atoms with van der Waals surface area (Å²) >= 11 is 0. The minimum absolute atomic E-state index is 0.0307. The maximum absolute atomic E-state index is 12.7. The summed E-state index contributed by atoms with van der Waals surface area (Å²) in [4.78, 5) is 14.5. The summed E-state index contributed by atoms with van der Waals surface area (Å²) in [6.45, 7) is 2.60.